The van der Waals surface area contributed by atoms with Crippen LogP contribution in [0, 0.1) is 0 Å². The van der Waals surface area contributed by atoms with Crippen LogP contribution in [-0.2, 0) is 4.79 Å². The molecule has 0 unspecified atom stereocenters. The molecule has 0 aromatic carbocycles. The van der Waals surface area contributed by atoms with Crippen molar-refractivity contribution in [2.75, 3.05) is 25.4 Å². The van der Waals surface area contributed by atoms with E-state index in [1.807, 2.05) is 4.90 Å². The van der Waals surface area contributed by atoms with Crippen molar-refractivity contribution < 1.29 is 14.7 Å². The summed E-state index contributed by atoms with van der Waals surface area (Å²) < 4.78 is 0.745. The number of allylic oxidation sites excluding steroid dienone is 1. The minimum absolute atomic E-state index is 0.0925. The summed E-state index contributed by atoms with van der Waals surface area (Å²) in [5.41, 5.74) is 1.67. The second-order valence-electron chi connectivity index (χ2n) is 6.99. The highest BCUT2D eigenvalue weighted by Crippen LogP contribution is 2.25. The van der Waals surface area contributed by atoms with Gasteiger partial charge in [-0.3, -0.25) is 4.79 Å². The third-order valence-corrected chi connectivity index (χ3v) is 7.10. The molecule has 1 amide bonds. The van der Waals surface area contributed by atoms with Gasteiger partial charge in [0.25, 0.3) is 0 Å². The first kappa shape index (κ1) is 20.4. The van der Waals surface area contributed by atoms with E-state index in [0.717, 1.165) is 36.0 Å². The molecule has 1 saturated heterocycles. The lowest BCUT2D eigenvalue weighted by molar-refractivity contribution is -0.128. The molecule has 1 aliphatic heterocycles. The fourth-order valence-electron chi connectivity index (χ4n) is 3.62. The molecule has 2 N–H and O–H groups in total. The second kappa shape index (κ2) is 10.2. The maximum Gasteiger partial charge on any atom is 0.355 e. The van der Waals surface area contributed by atoms with Crippen molar-refractivity contribution in [1.29, 1.82) is 0 Å². The minimum atomic E-state index is -0.997. The predicted octanol–water partition coefficient (Wildman–Crippen LogP) is 3.40. The quantitative estimate of drug-likeness (QED) is 0.350. The number of carbonyl (C=O) groups excluding carboxylic acids is 1. The zero-order valence-corrected chi connectivity index (χ0v) is 17.1. The number of aromatic nitrogens is 1. The Labute approximate surface area is 168 Å². The fraction of sp³-hybridized carbons (Fsp3) is 0.632. The monoisotopic (exact) mass is 409 g/mol. The van der Waals surface area contributed by atoms with Crippen LogP contribution in [0.3, 0.4) is 0 Å². The van der Waals surface area contributed by atoms with Gasteiger partial charge < -0.3 is 15.3 Å². The lowest BCUT2D eigenvalue weighted by Crippen LogP contribution is -2.41. The summed E-state index contributed by atoms with van der Waals surface area (Å²) in [4.78, 5) is 29.1. The van der Waals surface area contributed by atoms with E-state index in [0.29, 0.717) is 13.0 Å². The van der Waals surface area contributed by atoms with E-state index in [1.54, 1.807) is 11.0 Å². The van der Waals surface area contributed by atoms with Crippen LogP contribution < -0.4 is 5.32 Å². The van der Waals surface area contributed by atoms with Gasteiger partial charge in [-0.2, -0.15) is 0 Å². The third kappa shape index (κ3) is 6.05. The van der Waals surface area contributed by atoms with Gasteiger partial charge in [0.1, 0.15) is 0 Å². The predicted molar refractivity (Wildman–Crippen MR) is 109 cm³/mol. The van der Waals surface area contributed by atoms with E-state index in [9.17, 15) is 9.59 Å². The average molecular weight is 410 g/mol. The van der Waals surface area contributed by atoms with Crippen LogP contribution in [-0.4, -0.2) is 58.3 Å². The zero-order chi connectivity index (χ0) is 19.1. The summed E-state index contributed by atoms with van der Waals surface area (Å²) in [6.45, 7) is 2.52. The number of hydrogen-bond acceptors (Lipinski definition) is 6. The first-order chi connectivity index (χ1) is 13.1. The van der Waals surface area contributed by atoms with Crippen LogP contribution in [0.15, 0.2) is 21.4 Å². The maximum atomic E-state index is 12.2. The van der Waals surface area contributed by atoms with Crippen LogP contribution in [0.4, 0.5) is 0 Å². The summed E-state index contributed by atoms with van der Waals surface area (Å²) in [6.07, 6.45) is 10.2. The SMILES string of the molecule is O=C(O)c1csc(SCCN2C(=O)CC[C@@H]2CNCCC2=CCCCC2)n1. The smallest absolute Gasteiger partial charge is 0.355 e. The molecule has 1 aromatic rings. The zero-order valence-electron chi connectivity index (χ0n) is 15.5. The Hall–Kier alpha value is -1.38. The van der Waals surface area contributed by atoms with Crippen molar-refractivity contribution in [2.45, 2.75) is 55.3 Å². The van der Waals surface area contributed by atoms with Gasteiger partial charge in [-0.15, -0.1) is 11.3 Å². The number of likely N-dealkylation sites (tertiary alicyclic amines) is 1. The van der Waals surface area contributed by atoms with E-state index in [-0.39, 0.29) is 17.6 Å². The van der Waals surface area contributed by atoms with Gasteiger partial charge in [0.2, 0.25) is 5.91 Å². The number of nitrogens with zero attached hydrogens (tertiary/aromatic N) is 2. The van der Waals surface area contributed by atoms with Crippen LogP contribution in [0.25, 0.3) is 0 Å². The Morgan fingerprint density at radius 1 is 1.41 bits per heavy atom. The van der Waals surface area contributed by atoms with E-state index in [1.165, 1.54) is 48.8 Å². The molecular formula is C19H27N3O3S2. The maximum absolute atomic E-state index is 12.2. The Kier molecular flexibility index (Phi) is 7.72. The number of nitrogens with one attached hydrogen (secondary N) is 1. The summed E-state index contributed by atoms with van der Waals surface area (Å²) >= 11 is 2.86. The Morgan fingerprint density at radius 3 is 3.04 bits per heavy atom. The van der Waals surface area contributed by atoms with Gasteiger partial charge >= 0.3 is 5.97 Å². The number of rotatable bonds is 10. The van der Waals surface area contributed by atoms with E-state index < -0.39 is 5.97 Å². The van der Waals surface area contributed by atoms with E-state index >= 15 is 0 Å². The van der Waals surface area contributed by atoms with Crippen molar-refractivity contribution in [3.05, 3.63) is 22.7 Å². The molecule has 0 radical (unpaired) electrons. The number of thioether (sulfide) groups is 1. The molecule has 2 heterocycles. The minimum Gasteiger partial charge on any atom is -0.476 e. The third-order valence-electron chi connectivity index (χ3n) is 5.10. The number of amides is 1. The van der Waals surface area contributed by atoms with Gasteiger partial charge in [0.05, 0.1) is 0 Å². The Morgan fingerprint density at radius 2 is 2.30 bits per heavy atom. The van der Waals surface area contributed by atoms with Gasteiger partial charge in [-0.1, -0.05) is 23.4 Å². The number of carbonyl (C=O) groups is 2. The van der Waals surface area contributed by atoms with Gasteiger partial charge in [-0.25, -0.2) is 9.78 Å². The van der Waals surface area contributed by atoms with Crippen LogP contribution in [0.5, 0.6) is 0 Å². The van der Waals surface area contributed by atoms with Crippen LogP contribution in [0.1, 0.15) is 55.4 Å². The number of thiazole rings is 1. The van der Waals surface area contributed by atoms with Gasteiger partial charge in [0, 0.05) is 36.7 Å². The lowest BCUT2D eigenvalue weighted by atomic mass is 9.97. The molecule has 2 aliphatic rings. The average Bonchev–Trinajstić information content (AvgIpc) is 3.28. The molecule has 0 saturated carbocycles. The second-order valence-corrected chi connectivity index (χ2v) is 9.19. The number of hydrogen-bond donors (Lipinski definition) is 2. The molecule has 1 atom stereocenters. The molecule has 1 fully saturated rings. The molecule has 6 nitrogen and oxygen atoms in total. The van der Waals surface area contributed by atoms with E-state index in [2.05, 4.69) is 16.4 Å². The number of carboxylic acids is 1. The fourth-order valence-corrected chi connectivity index (χ4v) is 5.42. The van der Waals surface area contributed by atoms with Crippen LogP contribution >= 0.6 is 23.1 Å². The summed E-state index contributed by atoms with van der Waals surface area (Å²) in [7, 11) is 0. The van der Waals surface area contributed by atoms with Crippen molar-refractivity contribution in [3.63, 3.8) is 0 Å². The van der Waals surface area contributed by atoms with E-state index in [4.69, 9.17) is 5.11 Å². The topological polar surface area (TPSA) is 82.5 Å². The Balaban J connectivity index is 1.38. The van der Waals surface area contributed by atoms with Crippen LogP contribution in [0.2, 0.25) is 0 Å². The summed E-state index contributed by atoms with van der Waals surface area (Å²) in [5.74, 6) is -0.0347. The highest BCUT2D eigenvalue weighted by atomic mass is 32.2. The highest BCUT2D eigenvalue weighted by Gasteiger charge is 2.30. The van der Waals surface area contributed by atoms with Crippen molar-refractivity contribution in [2.24, 2.45) is 0 Å². The number of carboxylic acid groups (broad SMARTS) is 1. The molecule has 3 rings (SSSR count). The molecule has 148 valence electrons. The standard InChI is InChI=1S/C19H27N3O3S2/c23-17-7-6-15(12-20-9-8-14-4-2-1-3-5-14)22(17)10-11-26-19-21-16(13-27-19)18(24)25/h4,13,15,20H,1-3,5-12H2,(H,24,25)/t15-/m1/s1. The molecular weight excluding hydrogens is 382 g/mol. The summed E-state index contributed by atoms with van der Waals surface area (Å²) in [6, 6.07) is 0.268. The van der Waals surface area contributed by atoms with Crippen molar-refractivity contribution in [3.8, 4) is 0 Å². The lowest BCUT2D eigenvalue weighted by Gasteiger charge is -2.25. The molecule has 1 aliphatic carbocycles. The summed E-state index contributed by atoms with van der Waals surface area (Å²) in [5, 5.41) is 14.0. The number of aromatic carboxylic acids is 1. The molecule has 27 heavy (non-hydrogen) atoms. The molecule has 0 bridgehead atoms. The first-order valence-corrected chi connectivity index (χ1v) is 11.5. The molecule has 1 aromatic heterocycles. The van der Waals surface area contributed by atoms with Crippen molar-refractivity contribution in [1.82, 2.24) is 15.2 Å². The Bertz CT molecular complexity index is 689. The first-order valence-electron chi connectivity index (χ1n) is 9.63. The normalized spacial score (nSPS) is 20.1. The van der Waals surface area contributed by atoms with Gasteiger partial charge in [-0.05, 0) is 45.1 Å². The van der Waals surface area contributed by atoms with Crippen molar-refractivity contribution >= 4 is 35.0 Å². The largest absolute Gasteiger partial charge is 0.476 e. The highest BCUT2D eigenvalue weighted by molar-refractivity contribution is 8.01. The van der Waals surface area contributed by atoms with Gasteiger partial charge in [0.15, 0.2) is 10.0 Å². The molecule has 0 spiro atoms. The molecule has 8 heteroatoms.